The van der Waals surface area contributed by atoms with E-state index in [2.05, 4.69) is 98.3 Å². The molecule has 0 saturated heterocycles. The number of nitrogens with zero attached hydrogens (tertiary/aromatic N) is 2. The average Bonchev–Trinajstić information content (AvgIpc) is 0.724. The van der Waals surface area contributed by atoms with E-state index in [0.717, 1.165) is 145 Å². The van der Waals surface area contributed by atoms with Gasteiger partial charge in [-0.2, -0.15) is 79.0 Å². The Labute approximate surface area is 846 Å². The standard InChI is InChI=1S/C47H30Cl2F6N2.C35H24F6N2.C15H12F6N2.C10H7I.C6H4ClI/c48-35-19-27-39(28-20-35)56(43-13-5-9-31-7-1-3-11-41(31)43)37-23-15-33(16-24-37)45(46(50,51)52,47(53,54)55)34-17-25-38(26-18-34)57(40-29-21-36(49)22-30-40)44-14-6-10-32-8-2-4-12-42(32)44;36-34(37,38)33(35(39,40)41,25-15-19-27(20-16-25)42-31-13-5-9-23-7-1-3-11-29(23)31)26-17-21-28(22-18-26)43-32-14-6-10-24-8-2-4-12-30(24)32;16-14(17,18)13(15(19,20)21,9-1-5-11(22)6-2-9)10-3-7-12(23)8-4-10;11-10-7-3-5-8-4-1-2-6-9(8)10;7-5-1-3-6(8)4-2-5/h1-30H;1-22,42-43H;1-8H,22-23H2;1-7H;1-4H. The summed E-state index contributed by atoms with van der Waals surface area (Å²) >= 11 is 22.6. The molecule has 0 atom stereocenters. The number of rotatable bonds is 16. The first kappa shape index (κ1) is 103. The van der Waals surface area contributed by atoms with Crippen molar-refractivity contribution in [1.29, 1.82) is 0 Å². The van der Waals surface area contributed by atoms with Crippen LogP contribution in [-0.4, -0.2) is 37.1 Å². The van der Waals surface area contributed by atoms with Gasteiger partial charge < -0.3 is 31.9 Å². The van der Waals surface area contributed by atoms with Gasteiger partial charge in [-0.3, -0.25) is 0 Å². The van der Waals surface area contributed by atoms with Crippen LogP contribution in [0.25, 0.3) is 53.9 Å². The van der Waals surface area contributed by atoms with Gasteiger partial charge in [0, 0.05) is 101 Å². The number of halogens is 23. The van der Waals surface area contributed by atoms with E-state index in [1.54, 1.807) is 70.5 Å². The summed E-state index contributed by atoms with van der Waals surface area (Å²) in [5, 5.41) is 17.7. The van der Waals surface area contributed by atoms with Crippen LogP contribution in [0.15, 0.2) is 431 Å². The Kier molecular flexibility index (Phi) is 30.8. The van der Waals surface area contributed by atoms with Crippen molar-refractivity contribution >= 4 is 202 Å². The molecular weight excluding hydrogens is 2140 g/mol. The molecule has 19 aromatic rings. The Morgan fingerprint density at radius 2 is 0.423 bits per heavy atom. The van der Waals surface area contributed by atoms with Crippen molar-refractivity contribution in [3.63, 3.8) is 0 Å². The van der Waals surface area contributed by atoms with Gasteiger partial charge in [-0.25, -0.2) is 0 Å². The predicted octanol–water partition coefficient (Wildman–Crippen LogP) is 37.2. The van der Waals surface area contributed by atoms with E-state index in [1.807, 2.05) is 182 Å². The minimum Gasteiger partial charge on any atom is -0.399 e. The third-order valence-corrected chi connectivity index (χ3v) is 26.3. The summed E-state index contributed by atoms with van der Waals surface area (Å²) in [6.45, 7) is 0. The molecule has 0 amide bonds. The maximum Gasteiger partial charge on any atom is 0.411 e. The summed E-state index contributed by atoms with van der Waals surface area (Å²) in [7, 11) is 0. The molecule has 720 valence electrons. The minimum absolute atomic E-state index is 0.0595. The molecule has 0 radical (unpaired) electrons. The van der Waals surface area contributed by atoms with Crippen LogP contribution < -0.4 is 31.9 Å². The van der Waals surface area contributed by atoms with Crippen LogP contribution >= 0.6 is 80.0 Å². The fourth-order valence-corrected chi connectivity index (χ4v) is 18.6. The molecule has 6 nitrogen and oxygen atoms in total. The van der Waals surface area contributed by atoms with Crippen LogP contribution in [0, 0.1) is 7.14 Å². The van der Waals surface area contributed by atoms with E-state index in [1.165, 1.54) is 66.4 Å². The van der Waals surface area contributed by atoms with Crippen LogP contribution in [-0.2, 0) is 16.2 Å². The second kappa shape index (κ2) is 42.6. The molecule has 6 N–H and O–H groups in total. The topological polar surface area (TPSA) is 82.6 Å². The largest absolute Gasteiger partial charge is 0.411 e. The number of alkyl halides is 18. The van der Waals surface area contributed by atoms with Crippen LogP contribution in [0.3, 0.4) is 0 Å². The van der Waals surface area contributed by atoms with Gasteiger partial charge >= 0.3 is 37.1 Å². The van der Waals surface area contributed by atoms with Gasteiger partial charge in [-0.15, -0.1) is 0 Å². The molecule has 0 fully saturated rings. The number of anilines is 12. The van der Waals surface area contributed by atoms with Crippen LogP contribution in [0.1, 0.15) is 33.4 Å². The van der Waals surface area contributed by atoms with Crippen molar-refractivity contribution in [2.45, 2.75) is 53.3 Å². The van der Waals surface area contributed by atoms with Gasteiger partial charge in [-0.1, -0.05) is 290 Å². The molecule has 0 aliphatic heterocycles. The third-order valence-electron chi connectivity index (χ3n) is 23.9. The second-order valence-corrected chi connectivity index (χ2v) is 36.3. The van der Waals surface area contributed by atoms with Gasteiger partial charge in [0.1, 0.15) is 0 Å². The van der Waals surface area contributed by atoms with Crippen molar-refractivity contribution in [3.05, 3.63) is 486 Å². The van der Waals surface area contributed by atoms with Crippen molar-refractivity contribution < 1.29 is 79.0 Å². The molecule has 0 aromatic heterocycles. The molecule has 0 aliphatic carbocycles. The lowest BCUT2D eigenvalue weighted by molar-refractivity contribution is -0.290. The Morgan fingerprint density at radius 3 is 0.697 bits per heavy atom. The summed E-state index contributed by atoms with van der Waals surface area (Å²) in [6.07, 6.45) is -34.2. The van der Waals surface area contributed by atoms with Crippen LogP contribution in [0.5, 0.6) is 0 Å². The molecule has 29 heteroatoms. The molecule has 19 rings (SSSR count). The SMILES string of the molecule is Clc1ccc(I)cc1.FC(F)(F)C(c1ccc(N(c2ccc(Cl)cc2)c2cccc3ccccc23)cc1)(c1ccc(N(c2ccc(Cl)cc2)c2cccc3ccccc23)cc1)C(F)(F)F.FC(F)(F)C(c1ccc(Nc2cccc3ccccc23)cc1)(c1ccc(Nc2cccc3ccccc23)cc1)C(F)(F)F.Ic1cccc2ccccc12.Nc1ccc(C(c2ccc(N)cc2)(C(F)(F)F)C(F)(F)F)cc1. The molecule has 0 unspecified atom stereocenters. The third kappa shape index (κ3) is 21.6. The fourth-order valence-electron chi connectivity index (χ4n) is 17.2. The van der Waals surface area contributed by atoms with Crippen molar-refractivity contribution in [1.82, 2.24) is 0 Å². The molecule has 0 bridgehead atoms. The van der Waals surface area contributed by atoms with E-state index < -0.39 is 86.7 Å². The number of hydrogen-bond acceptors (Lipinski definition) is 6. The van der Waals surface area contributed by atoms with E-state index in [0.29, 0.717) is 66.9 Å². The highest BCUT2D eigenvalue weighted by Gasteiger charge is 2.75. The Bertz CT molecular complexity index is 7130. The van der Waals surface area contributed by atoms with E-state index in [9.17, 15) is 52.7 Å². The quantitative estimate of drug-likeness (QED) is 0.0438. The van der Waals surface area contributed by atoms with Gasteiger partial charge in [0.05, 0.1) is 11.4 Å². The van der Waals surface area contributed by atoms with Crippen LogP contribution in [0.2, 0.25) is 15.1 Å². The summed E-state index contributed by atoms with van der Waals surface area (Å²) in [5.41, 5.74) is -2.33. The van der Waals surface area contributed by atoms with Gasteiger partial charge in [0.15, 0.2) is 0 Å². The first-order valence-corrected chi connectivity index (χ1v) is 46.6. The summed E-state index contributed by atoms with van der Waals surface area (Å²) in [5.74, 6) is 0. The lowest BCUT2D eigenvalue weighted by Gasteiger charge is -2.39. The zero-order valence-corrected chi connectivity index (χ0v) is 80.3. The minimum atomic E-state index is -5.79. The Balaban J connectivity index is 0.000000155. The molecule has 0 heterocycles. The van der Waals surface area contributed by atoms with Crippen LogP contribution in [0.4, 0.5) is 147 Å². The number of benzene rings is 19. The van der Waals surface area contributed by atoms with E-state index >= 15 is 26.3 Å². The number of nitrogens with two attached hydrogens (primary N) is 2. The number of fused-ring (bicyclic) bond motifs is 5. The monoisotopic (exact) mass is 2220 g/mol. The van der Waals surface area contributed by atoms with Gasteiger partial charge in [-0.05, 0) is 287 Å². The molecule has 0 aliphatic rings. The van der Waals surface area contributed by atoms with Gasteiger partial charge in [0.25, 0.3) is 0 Å². The molecule has 0 saturated carbocycles. The van der Waals surface area contributed by atoms with Gasteiger partial charge in [0.2, 0.25) is 16.2 Å². The summed E-state index contributed by atoms with van der Waals surface area (Å²) in [4.78, 5) is 3.55. The number of nitrogen functional groups attached to an aromatic ring is 2. The lowest BCUT2D eigenvalue weighted by Crippen LogP contribution is -2.54. The zero-order valence-electron chi connectivity index (χ0n) is 73.7. The number of hydrogen-bond donors (Lipinski definition) is 4. The molecule has 142 heavy (non-hydrogen) atoms. The van der Waals surface area contributed by atoms with Crippen molar-refractivity contribution in [2.75, 3.05) is 31.9 Å². The smallest absolute Gasteiger partial charge is 0.399 e. The normalized spacial score (nSPS) is 12.1. The average molecular weight is 2220 g/mol. The first-order valence-electron chi connectivity index (χ1n) is 43.3. The zero-order chi connectivity index (χ0) is 101. The summed E-state index contributed by atoms with van der Waals surface area (Å²) in [6, 6.07) is 113. The maximum absolute atomic E-state index is 15.5. The maximum atomic E-state index is 15.5. The van der Waals surface area contributed by atoms with E-state index in [-0.39, 0.29) is 11.4 Å². The van der Waals surface area contributed by atoms with E-state index in [4.69, 9.17) is 46.3 Å². The molecule has 0 spiro atoms. The first-order chi connectivity index (χ1) is 67.6. The lowest BCUT2D eigenvalue weighted by atomic mass is 9.72. The number of nitrogens with one attached hydrogen (secondary N) is 2. The Hall–Kier alpha value is -13.7. The fraction of sp³-hybridized carbons (Fsp3) is 0.0796. The second-order valence-electron chi connectivity index (χ2n) is 32.6. The molecular formula is C113H77Cl3F18I2N6. The predicted molar refractivity (Wildman–Crippen MR) is 556 cm³/mol. The summed E-state index contributed by atoms with van der Waals surface area (Å²) < 4.78 is 266. The van der Waals surface area contributed by atoms with Crippen molar-refractivity contribution in [2.24, 2.45) is 0 Å². The molecule has 19 aromatic carbocycles. The highest BCUT2D eigenvalue weighted by atomic mass is 127. The Morgan fingerprint density at radius 1 is 0.211 bits per heavy atom. The highest BCUT2D eigenvalue weighted by molar-refractivity contribution is 14.1. The highest BCUT2D eigenvalue weighted by Crippen LogP contribution is 2.61. The van der Waals surface area contributed by atoms with Crippen molar-refractivity contribution in [3.8, 4) is 0 Å².